The quantitative estimate of drug-likeness (QED) is 0.564. The molecule has 0 radical (unpaired) electrons. The number of halogens is 1. The maximum absolute atomic E-state index is 12.5. The maximum atomic E-state index is 12.5. The molecule has 3 rings (SSSR count). The van der Waals surface area contributed by atoms with Crippen LogP contribution >= 0.6 is 23.8 Å². The number of nitrogens with one attached hydrogen (secondary N) is 2. The second kappa shape index (κ2) is 10.6. The van der Waals surface area contributed by atoms with Gasteiger partial charge in [-0.3, -0.25) is 10.1 Å². The van der Waals surface area contributed by atoms with E-state index in [4.69, 9.17) is 28.6 Å². The highest BCUT2D eigenvalue weighted by Crippen LogP contribution is 2.30. The van der Waals surface area contributed by atoms with Crippen LogP contribution in [0.1, 0.15) is 49.9 Å². The summed E-state index contributed by atoms with van der Waals surface area (Å²) in [6, 6.07) is 12.8. The highest BCUT2D eigenvalue weighted by Gasteiger charge is 2.15. The molecule has 1 aliphatic heterocycles. The normalized spacial score (nSPS) is 14.7. The fourth-order valence-corrected chi connectivity index (χ4v) is 3.82. The van der Waals surface area contributed by atoms with E-state index in [9.17, 15) is 4.79 Å². The van der Waals surface area contributed by atoms with E-state index in [2.05, 4.69) is 22.5 Å². The van der Waals surface area contributed by atoms with Gasteiger partial charge in [-0.05, 0) is 87.3 Å². The van der Waals surface area contributed by atoms with Crippen molar-refractivity contribution in [3.8, 4) is 5.75 Å². The second-order valence-corrected chi connectivity index (χ2v) is 8.30. The van der Waals surface area contributed by atoms with Crippen molar-refractivity contribution in [2.45, 2.75) is 45.6 Å². The van der Waals surface area contributed by atoms with Crippen LogP contribution in [-0.2, 0) is 0 Å². The Balaban J connectivity index is 1.55. The average molecular weight is 446 g/mol. The Morgan fingerprint density at radius 2 is 1.87 bits per heavy atom. The van der Waals surface area contributed by atoms with E-state index in [-0.39, 0.29) is 17.1 Å². The molecule has 1 heterocycles. The van der Waals surface area contributed by atoms with Gasteiger partial charge in [-0.2, -0.15) is 0 Å². The molecule has 1 saturated heterocycles. The largest absolute Gasteiger partial charge is 0.491 e. The summed E-state index contributed by atoms with van der Waals surface area (Å²) in [5.74, 6) is 0.462. The second-order valence-electron chi connectivity index (χ2n) is 7.48. The van der Waals surface area contributed by atoms with Gasteiger partial charge in [0.1, 0.15) is 5.75 Å². The van der Waals surface area contributed by atoms with E-state index in [1.54, 1.807) is 24.3 Å². The van der Waals surface area contributed by atoms with E-state index in [1.807, 2.05) is 25.1 Å². The molecule has 1 atom stereocenters. The number of benzene rings is 2. The fourth-order valence-electron chi connectivity index (χ4n) is 3.31. The first-order chi connectivity index (χ1) is 14.5. The van der Waals surface area contributed by atoms with Crippen LogP contribution in [0, 0.1) is 0 Å². The number of rotatable bonds is 6. The number of carbonyl (C=O) groups excluding carboxylic acids is 1. The van der Waals surface area contributed by atoms with Gasteiger partial charge in [0, 0.05) is 24.3 Å². The summed E-state index contributed by atoms with van der Waals surface area (Å²) in [5, 5.41) is 6.63. The molecule has 1 amide bonds. The van der Waals surface area contributed by atoms with Gasteiger partial charge in [0.05, 0.1) is 16.8 Å². The summed E-state index contributed by atoms with van der Waals surface area (Å²) < 4.78 is 5.74. The SMILES string of the molecule is CCC(C)Oc1ccc(C(=O)NC(=S)Nc2ccc(N3CCCCC3)c(Cl)c2)cc1. The number of hydrogen-bond acceptors (Lipinski definition) is 4. The van der Waals surface area contributed by atoms with Gasteiger partial charge in [-0.1, -0.05) is 18.5 Å². The zero-order chi connectivity index (χ0) is 21.5. The van der Waals surface area contributed by atoms with Crippen molar-refractivity contribution < 1.29 is 9.53 Å². The van der Waals surface area contributed by atoms with Gasteiger partial charge in [0.15, 0.2) is 5.11 Å². The molecule has 1 fully saturated rings. The van der Waals surface area contributed by atoms with Crippen molar-refractivity contribution >= 4 is 46.2 Å². The number of carbonyl (C=O) groups is 1. The van der Waals surface area contributed by atoms with E-state index in [1.165, 1.54) is 19.3 Å². The van der Waals surface area contributed by atoms with Crippen molar-refractivity contribution in [2.75, 3.05) is 23.3 Å². The number of amides is 1. The van der Waals surface area contributed by atoms with Crippen LogP contribution in [0.15, 0.2) is 42.5 Å². The van der Waals surface area contributed by atoms with Crippen molar-refractivity contribution in [1.82, 2.24) is 5.32 Å². The summed E-state index contributed by atoms with van der Waals surface area (Å²) in [5.41, 5.74) is 2.29. The monoisotopic (exact) mass is 445 g/mol. The minimum atomic E-state index is -0.279. The van der Waals surface area contributed by atoms with Gasteiger partial charge in [0.25, 0.3) is 5.91 Å². The standard InChI is InChI=1S/C23H28ClN3O2S/c1-3-16(2)29-19-10-7-17(8-11-19)22(28)26-23(30)25-18-9-12-21(20(24)15-18)27-13-5-4-6-14-27/h7-12,15-16H,3-6,13-14H2,1-2H3,(H2,25,26,28,30). The Hall–Kier alpha value is -2.31. The molecule has 1 aliphatic rings. The Kier molecular flexibility index (Phi) is 7.94. The number of anilines is 2. The predicted molar refractivity (Wildman–Crippen MR) is 128 cm³/mol. The molecule has 160 valence electrons. The summed E-state index contributed by atoms with van der Waals surface area (Å²) in [6.45, 7) is 6.13. The summed E-state index contributed by atoms with van der Waals surface area (Å²) in [4.78, 5) is 14.8. The number of hydrogen-bond donors (Lipinski definition) is 2. The van der Waals surface area contributed by atoms with Gasteiger partial charge in [-0.15, -0.1) is 0 Å². The predicted octanol–water partition coefficient (Wildman–Crippen LogP) is 5.63. The Morgan fingerprint density at radius 1 is 1.17 bits per heavy atom. The number of thiocarbonyl (C=S) groups is 1. The van der Waals surface area contributed by atoms with Crippen molar-refractivity contribution in [1.29, 1.82) is 0 Å². The van der Waals surface area contributed by atoms with Crippen LogP contribution in [-0.4, -0.2) is 30.2 Å². The van der Waals surface area contributed by atoms with Crippen LogP contribution in [0.4, 0.5) is 11.4 Å². The molecule has 0 bridgehead atoms. The van der Waals surface area contributed by atoms with Crippen molar-refractivity contribution in [3.05, 3.63) is 53.1 Å². The summed E-state index contributed by atoms with van der Waals surface area (Å²) in [6.07, 6.45) is 4.71. The number of ether oxygens (including phenoxy) is 1. The van der Waals surface area contributed by atoms with Gasteiger partial charge < -0.3 is 15.0 Å². The minimum Gasteiger partial charge on any atom is -0.491 e. The topological polar surface area (TPSA) is 53.6 Å². The molecule has 0 spiro atoms. The van der Waals surface area contributed by atoms with Gasteiger partial charge in [0.2, 0.25) is 0 Å². The molecule has 1 unspecified atom stereocenters. The molecule has 7 heteroatoms. The minimum absolute atomic E-state index is 0.134. The Labute approximate surface area is 188 Å². The van der Waals surface area contributed by atoms with Crippen LogP contribution < -0.4 is 20.3 Å². The summed E-state index contributed by atoms with van der Waals surface area (Å²) in [7, 11) is 0. The molecule has 5 nitrogen and oxygen atoms in total. The fraction of sp³-hybridized carbons (Fsp3) is 0.391. The lowest BCUT2D eigenvalue weighted by Gasteiger charge is -2.29. The third-order valence-corrected chi connectivity index (χ3v) is 5.66. The zero-order valence-electron chi connectivity index (χ0n) is 17.4. The van der Waals surface area contributed by atoms with Gasteiger partial charge >= 0.3 is 0 Å². The number of piperidine rings is 1. The molecule has 0 aromatic heterocycles. The first-order valence-corrected chi connectivity index (χ1v) is 11.2. The third-order valence-electron chi connectivity index (χ3n) is 5.16. The molecule has 0 saturated carbocycles. The van der Waals surface area contributed by atoms with Crippen LogP contribution in [0.2, 0.25) is 5.02 Å². The average Bonchev–Trinajstić information content (AvgIpc) is 2.74. The smallest absolute Gasteiger partial charge is 0.257 e. The van der Waals surface area contributed by atoms with E-state index >= 15 is 0 Å². The van der Waals surface area contributed by atoms with E-state index in [0.717, 1.165) is 36.6 Å². The lowest BCUT2D eigenvalue weighted by atomic mass is 10.1. The lowest BCUT2D eigenvalue weighted by Crippen LogP contribution is -2.34. The van der Waals surface area contributed by atoms with E-state index in [0.29, 0.717) is 10.6 Å². The lowest BCUT2D eigenvalue weighted by molar-refractivity contribution is 0.0977. The summed E-state index contributed by atoms with van der Waals surface area (Å²) >= 11 is 11.8. The number of nitrogens with zero attached hydrogens (tertiary/aromatic N) is 1. The van der Waals surface area contributed by atoms with Crippen LogP contribution in [0.3, 0.4) is 0 Å². The first kappa shape index (κ1) is 22.4. The zero-order valence-corrected chi connectivity index (χ0v) is 19.0. The molecular formula is C23H28ClN3O2S. The van der Waals surface area contributed by atoms with E-state index < -0.39 is 0 Å². The molecule has 2 N–H and O–H groups in total. The first-order valence-electron chi connectivity index (χ1n) is 10.4. The highest BCUT2D eigenvalue weighted by atomic mass is 35.5. The van der Waals surface area contributed by atoms with Crippen molar-refractivity contribution in [2.24, 2.45) is 0 Å². The molecule has 2 aromatic rings. The Bertz CT molecular complexity index is 883. The van der Waals surface area contributed by atoms with Crippen molar-refractivity contribution in [3.63, 3.8) is 0 Å². The third kappa shape index (κ3) is 6.09. The molecule has 0 aliphatic carbocycles. The van der Waals surface area contributed by atoms with Crippen LogP contribution in [0.25, 0.3) is 0 Å². The molecular weight excluding hydrogens is 418 g/mol. The Morgan fingerprint density at radius 3 is 2.50 bits per heavy atom. The van der Waals surface area contributed by atoms with Gasteiger partial charge in [-0.25, -0.2) is 0 Å². The highest BCUT2D eigenvalue weighted by molar-refractivity contribution is 7.80. The maximum Gasteiger partial charge on any atom is 0.257 e. The van der Waals surface area contributed by atoms with Crippen LogP contribution in [0.5, 0.6) is 5.75 Å². The molecule has 30 heavy (non-hydrogen) atoms. The molecule has 2 aromatic carbocycles.